The van der Waals surface area contributed by atoms with Crippen LogP contribution in [-0.2, 0) is 16.0 Å². The monoisotopic (exact) mass is 448 g/mol. The van der Waals surface area contributed by atoms with E-state index in [1.165, 1.54) is 12.0 Å². The highest BCUT2D eigenvalue weighted by Gasteiger charge is 2.32. The Morgan fingerprint density at radius 1 is 0.939 bits per heavy atom. The SMILES string of the molecule is Cc1ccc([C@@H](C)C(=O)N2CC[C@H](c3nc(C)c(CC(=O)N4CCCCC4)c(C)n3)C2)cc1. The number of aromatic nitrogens is 2. The van der Waals surface area contributed by atoms with Crippen molar-refractivity contribution in [3.63, 3.8) is 0 Å². The van der Waals surface area contributed by atoms with Crippen LogP contribution in [0.1, 0.15) is 78.3 Å². The molecule has 0 bridgehead atoms. The lowest BCUT2D eigenvalue weighted by atomic mass is 9.98. The third kappa shape index (κ3) is 5.26. The number of hydrogen-bond donors (Lipinski definition) is 0. The van der Waals surface area contributed by atoms with Gasteiger partial charge in [0, 0.05) is 49.0 Å². The van der Waals surface area contributed by atoms with Crippen molar-refractivity contribution in [2.45, 2.75) is 71.6 Å². The first kappa shape index (κ1) is 23.4. The van der Waals surface area contributed by atoms with Crippen LogP contribution in [0.3, 0.4) is 0 Å². The molecule has 2 fully saturated rings. The zero-order valence-electron chi connectivity index (χ0n) is 20.4. The van der Waals surface area contributed by atoms with Gasteiger partial charge in [0.1, 0.15) is 5.82 Å². The lowest BCUT2D eigenvalue weighted by Gasteiger charge is -2.27. The molecule has 1 aromatic carbocycles. The molecule has 6 nitrogen and oxygen atoms in total. The van der Waals surface area contributed by atoms with Crippen LogP contribution in [0.5, 0.6) is 0 Å². The second-order valence-corrected chi connectivity index (χ2v) is 9.75. The van der Waals surface area contributed by atoms with Gasteiger partial charge in [-0.15, -0.1) is 0 Å². The average molecular weight is 449 g/mol. The van der Waals surface area contributed by atoms with Crippen molar-refractivity contribution in [3.05, 3.63) is 58.2 Å². The lowest BCUT2D eigenvalue weighted by molar-refractivity contribution is -0.132. The summed E-state index contributed by atoms with van der Waals surface area (Å²) in [5.74, 6) is 1.14. The maximum absolute atomic E-state index is 13.1. The molecule has 0 N–H and O–H groups in total. The van der Waals surface area contributed by atoms with Crippen molar-refractivity contribution >= 4 is 11.8 Å². The van der Waals surface area contributed by atoms with Crippen LogP contribution in [-0.4, -0.2) is 57.8 Å². The largest absolute Gasteiger partial charge is 0.342 e. The Kier molecular flexibility index (Phi) is 7.11. The van der Waals surface area contributed by atoms with Gasteiger partial charge in [0.25, 0.3) is 0 Å². The Hall–Kier alpha value is -2.76. The maximum atomic E-state index is 13.1. The van der Waals surface area contributed by atoms with Gasteiger partial charge in [-0.1, -0.05) is 29.8 Å². The highest BCUT2D eigenvalue weighted by Crippen LogP contribution is 2.29. The second-order valence-electron chi connectivity index (χ2n) is 9.75. The molecule has 0 saturated carbocycles. The number of rotatable bonds is 5. The van der Waals surface area contributed by atoms with E-state index in [1.807, 2.05) is 42.7 Å². The number of amides is 2. The zero-order chi connectivity index (χ0) is 23.5. The van der Waals surface area contributed by atoms with E-state index in [-0.39, 0.29) is 23.7 Å². The maximum Gasteiger partial charge on any atom is 0.229 e. The van der Waals surface area contributed by atoms with E-state index in [0.717, 1.165) is 67.2 Å². The summed E-state index contributed by atoms with van der Waals surface area (Å²) in [4.78, 5) is 39.4. The fourth-order valence-corrected chi connectivity index (χ4v) is 5.05. The Morgan fingerprint density at radius 3 is 2.21 bits per heavy atom. The predicted molar refractivity (Wildman–Crippen MR) is 129 cm³/mol. The Bertz CT molecular complexity index is 988. The number of benzene rings is 1. The summed E-state index contributed by atoms with van der Waals surface area (Å²) < 4.78 is 0. The molecular formula is C27H36N4O2. The van der Waals surface area contributed by atoms with Gasteiger partial charge in [0.05, 0.1) is 12.3 Å². The van der Waals surface area contributed by atoms with Crippen molar-refractivity contribution in [1.29, 1.82) is 0 Å². The number of piperidine rings is 1. The fourth-order valence-electron chi connectivity index (χ4n) is 5.05. The van der Waals surface area contributed by atoms with Gasteiger partial charge >= 0.3 is 0 Å². The van der Waals surface area contributed by atoms with Crippen molar-refractivity contribution in [1.82, 2.24) is 19.8 Å². The van der Waals surface area contributed by atoms with Crippen molar-refractivity contribution in [2.75, 3.05) is 26.2 Å². The summed E-state index contributed by atoms with van der Waals surface area (Å²) in [5.41, 5.74) is 4.98. The number of nitrogens with zero attached hydrogens (tertiary/aromatic N) is 4. The van der Waals surface area contributed by atoms with Crippen LogP contribution in [0.15, 0.2) is 24.3 Å². The fraction of sp³-hybridized carbons (Fsp3) is 0.556. The number of hydrogen-bond acceptors (Lipinski definition) is 4. The zero-order valence-corrected chi connectivity index (χ0v) is 20.4. The third-order valence-electron chi connectivity index (χ3n) is 7.29. The summed E-state index contributed by atoms with van der Waals surface area (Å²) in [5, 5.41) is 0. The van der Waals surface area contributed by atoms with Gasteiger partial charge in [0.2, 0.25) is 11.8 Å². The molecule has 176 valence electrons. The van der Waals surface area contributed by atoms with Crippen molar-refractivity contribution in [2.24, 2.45) is 0 Å². The minimum atomic E-state index is -0.156. The van der Waals surface area contributed by atoms with Gasteiger partial charge in [-0.05, 0) is 58.9 Å². The van der Waals surface area contributed by atoms with Gasteiger partial charge in [0.15, 0.2) is 0 Å². The Balaban J connectivity index is 1.41. The van der Waals surface area contributed by atoms with Crippen LogP contribution >= 0.6 is 0 Å². The van der Waals surface area contributed by atoms with Crippen molar-refractivity contribution in [3.8, 4) is 0 Å². The minimum Gasteiger partial charge on any atom is -0.342 e. The molecule has 0 unspecified atom stereocenters. The number of carbonyl (C=O) groups excluding carboxylic acids is 2. The molecule has 2 aliphatic heterocycles. The molecule has 2 saturated heterocycles. The number of aryl methyl sites for hydroxylation is 3. The van der Waals surface area contributed by atoms with Gasteiger partial charge in [-0.2, -0.15) is 0 Å². The molecule has 1 aromatic heterocycles. The van der Waals surface area contributed by atoms with E-state index in [0.29, 0.717) is 13.0 Å². The third-order valence-corrected chi connectivity index (χ3v) is 7.29. The molecule has 0 aliphatic carbocycles. The lowest BCUT2D eigenvalue weighted by Crippen LogP contribution is -2.37. The highest BCUT2D eigenvalue weighted by atomic mass is 16.2. The predicted octanol–water partition coefficient (Wildman–Crippen LogP) is 4.08. The second kappa shape index (κ2) is 10.0. The molecule has 2 amide bonds. The molecule has 0 spiro atoms. The molecule has 0 radical (unpaired) electrons. The highest BCUT2D eigenvalue weighted by molar-refractivity contribution is 5.83. The molecule has 6 heteroatoms. The summed E-state index contributed by atoms with van der Waals surface area (Å²) in [6, 6.07) is 8.21. The molecule has 4 rings (SSSR count). The van der Waals surface area contributed by atoms with Crippen LogP contribution < -0.4 is 0 Å². The summed E-state index contributed by atoms with van der Waals surface area (Å²) in [7, 11) is 0. The molecule has 3 heterocycles. The van der Waals surface area contributed by atoms with Crippen molar-refractivity contribution < 1.29 is 9.59 Å². The van der Waals surface area contributed by atoms with E-state index >= 15 is 0 Å². The van der Waals surface area contributed by atoms with Crippen LogP contribution in [0.4, 0.5) is 0 Å². The Morgan fingerprint density at radius 2 is 1.58 bits per heavy atom. The molecule has 33 heavy (non-hydrogen) atoms. The molecular weight excluding hydrogens is 412 g/mol. The van der Waals surface area contributed by atoms with Gasteiger partial charge in [-0.3, -0.25) is 9.59 Å². The van der Waals surface area contributed by atoms with Gasteiger partial charge in [-0.25, -0.2) is 9.97 Å². The molecule has 2 atom stereocenters. The first-order valence-electron chi connectivity index (χ1n) is 12.3. The first-order valence-corrected chi connectivity index (χ1v) is 12.3. The van der Waals surface area contributed by atoms with E-state index in [9.17, 15) is 9.59 Å². The van der Waals surface area contributed by atoms with E-state index in [2.05, 4.69) is 19.1 Å². The number of likely N-dealkylation sites (tertiary alicyclic amines) is 2. The smallest absolute Gasteiger partial charge is 0.229 e. The quantitative estimate of drug-likeness (QED) is 0.691. The van der Waals surface area contributed by atoms with E-state index < -0.39 is 0 Å². The van der Waals surface area contributed by atoms with Crippen LogP contribution in [0.25, 0.3) is 0 Å². The summed E-state index contributed by atoms with van der Waals surface area (Å²) >= 11 is 0. The Labute approximate surface area is 197 Å². The number of carbonyl (C=O) groups is 2. The van der Waals surface area contributed by atoms with Crippen LogP contribution in [0, 0.1) is 20.8 Å². The first-order chi connectivity index (χ1) is 15.8. The van der Waals surface area contributed by atoms with E-state index in [1.54, 1.807) is 0 Å². The average Bonchev–Trinajstić information content (AvgIpc) is 3.31. The van der Waals surface area contributed by atoms with Gasteiger partial charge < -0.3 is 9.80 Å². The minimum absolute atomic E-state index is 0.142. The summed E-state index contributed by atoms with van der Waals surface area (Å²) in [6.07, 6.45) is 4.65. The molecule has 2 aromatic rings. The normalized spacial score (nSPS) is 19.6. The van der Waals surface area contributed by atoms with Crippen LogP contribution in [0.2, 0.25) is 0 Å². The van der Waals surface area contributed by atoms with E-state index in [4.69, 9.17) is 9.97 Å². The standard InChI is InChI=1S/C27H36N4O2/c1-18-8-10-22(11-9-18)19(2)27(33)31-15-12-23(17-31)26-28-20(3)24(21(4)29-26)16-25(32)30-13-6-5-7-14-30/h8-11,19,23H,5-7,12-17H2,1-4H3/t19-,23+/m1/s1. The summed E-state index contributed by atoms with van der Waals surface area (Å²) in [6.45, 7) is 11.1. The topological polar surface area (TPSA) is 66.4 Å². The molecule has 2 aliphatic rings.